The third-order valence-corrected chi connectivity index (χ3v) is 4.31. The molecule has 1 heterocycles. The van der Waals surface area contributed by atoms with Gasteiger partial charge in [-0.1, -0.05) is 12.1 Å². The molecule has 3 nitrogen and oxygen atoms in total. The summed E-state index contributed by atoms with van der Waals surface area (Å²) in [6.07, 6.45) is 2.36. The van der Waals surface area contributed by atoms with Crippen molar-refractivity contribution in [2.24, 2.45) is 5.73 Å². The van der Waals surface area contributed by atoms with Crippen molar-refractivity contribution in [3.8, 4) is 0 Å². The van der Waals surface area contributed by atoms with Gasteiger partial charge in [-0.3, -0.25) is 5.10 Å². The number of rotatable bonds is 2. The van der Waals surface area contributed by atoms with Crippen molar-refractivity contribution in [3.05, 3.63) is 28.4 Å². The molecule has 1 fully saturated rings. The normalized spacial score (nSPS) is 19.9. The number of aromatic nitrogens is 2. The standard InChI is InChI=1S/C12H14BrN3/c1-7(14)12(5-6-12)8-3-2-4-9-10(8)11(13)16-15-9/h2-4,7H,5-6,14H2,1H3,(H,15,16). The second-order valence-corrected chi connectivity index (χ2v) is 5.48. The maximum atomic E-state index is 6.13. The minimum absolute atomic E-state index is 0.173. The number of H-pyrrole nitrogens is 1. The maximum Gasteiger partial charge on any atom is 0.109 e. The number of nitrogens with one attached hydrogen (secondary N) is 1. The predicted octanol–water partition coefficient (Wildman–Crippen LogP) is 2.70. The summed E-state index contributed by atoms with van der Waals surface area (Å²) in [6.45, 7) is 2.10. The quantitative estimate of drug-likeness (QED) is 0.888. The highest BCUT2D eigenvalue weighted by molar-refractivity contribution is 9.10. The molecule has 1 aliphatic rings. The molecule has 3 rings (SSSR count). The Morgan fingerprint density at radius 3 is 2.88 bits per heavy atom. The minimum atomic E-state index is 0.173. The molecule has 1 unspecified atom stereocenters. The largest absolute Gasteiger partial charge is 0.327 e. The Morgan fingerprint density at radius 1 is 1.50 bits per heavy atom. The number of aromatic amines is 1. The SMILES string of the molecule is CC(N)C1(c2cccc3n[nH]c(Br)c23)CC1. The molecule has 1 aliphatic carbocycles. The van der Waals surface area contributed by atoms with E-state index in [1.807, 2.05) is 6.07 Å². The molecule has 0 radical (unpaired) electrons. The van der Waals surface area contributed by atoms with Gasteiger partial charge in [0.1, 0.15) is 4.60 Å². The van der Waals surface area contributed by atoms with Gasteiger partial charge in [-0.05, 0) is 47.3 Å². The average molecular weight is 280 g/mol. The van der Waals surface area contributed by atoms with Crippen LogP contribution < -0.4 is 5.73 Å². The third-order valence-electron chi connectivity index (χ3n) is 3.73. The highest BCUT2D eigenvalue weighted by Gasteiger charge is 2.48. The first kappa shape index (κ1) is 10.3. The Hall–Kier alpha value is -0.870. The van der Waals surface area contributed by atoms with Crippen molar-refractivity contribution < 1.29 is 0 Å². The molecule has 1 aromatic carbocycles. The molecule has 0 amide bonds. The van der Waals surface area contributed by atoms with Gasteiger partial charge in [0, 0.05) is 16.8 Å². The van der Waals surface area contributed by atoms with E-state index in [9.17, 15) is 0 Å². The van der Waals surface area contributed by atoms with Crippen molar-refractivity contribution in [1.29, 1.82) is 0 Å². The first-order valence-corrected chi connectivity index (χ1v) is 6.33. The van der Waals surface area contributed by atoms with Crippen LogP contribution in [0.25, 0.3) is 10.9 Å². The van der Waals surface area contributed by atoms with Crippen molar-refractivity contribution >= 4 is 26.8 Å². The molecular formula is C12H14BrN3. The van der Waals surface area contributed by atoms with Crippen LogP contribution in [-0.4, -0.2) is 16.2 Å². The molecule has 4 heteroatoms. The second-order valence-electron chi connectivity index (χ2n) is 4.68. The van der Waals surface area contributed by atoms with Crippen LogP contribution in [0.5, 0.6) is 0 Å². The second kappa shape index (κ2) is 3.31. The molecular weight excluding hydrogens is 266 g/mol. The summed E-state index contributed by atoms with van der Waals surface area (Å²) in [4.78, 5) is 0. The number of nitrogens with two attached hydrogens (primary N) is 1. The van der Waals surface area contributed by atoms with E-state index in [-0.39, 0.29) is 11.5 Å². The molecule has 2 aromatic rings. The van der Waals surface area contributed by atoms with Gasteiger partial charge < -0.3 is 5.73 Å². The number of hydrogen-bond donors (Lipinski definition) is 2. The number of fused-ring (bicyclic) bond motifs is 1. The van der Waals surface area contributed by atoms with Crippen molar-refractivity contribution in [2.45, 2.75) is 31.2 Å². The molecule has 3 N–H and O–H groups in total. The highest BCUT2D eigenvalue weighted by Crippen LogP contribution is 2.52. The summed E-state index contributed by atoms with van der Waals surface area (Å²) >= 11 is 3.53. The van der Waals surface area contributed by atoms with E-state index < -0.39 is 0 Å². The summed E-state index contributed by atoms with van der Waals surface area (Å²) in [5.74, 6) is 0. The molecule has 0 bridgehead atoms. The van der Waals surface area contributed by atoms with Gasteiger partial charge in [-0.25, -0.2) is 0 Å². The minimum Gasteiger partial charge on any atom is -0.327 e. The van der Waals surface area contributed by atoms with Gasteiger partial charge in [0.25, 0.3) is 0 Å². The summed E-state index contributed by atoms with van der Waals surface area (Å²) in [6, 6.07) is 6.46. The van der Waals surface area contributed by atoms with Gasteiger partial charge in [0.2, 0.25) is 0 Å². The Morgan fingerprint density at radius 2 is 2.25 bits per heavy atom. The molecule has 1 saturated carbocycles. The van der Waals surface area contributed by atoms with E-state index in [1.54, 1.807) is 0 Å². The first-order chi connectivity index (χ1) is 7.65. The zero-order chi connectivity index (χ0) is 11.3. The molecule has 0 saturated heterocycles. The van der Waals surface area contributed by atoms with E-state index in [4.69, 9.17) is 5.73 Å². The lowest BCUT2D eigenvalue weighted by molar-refractivity contribution is 0.560. The zero-order valence-electron chi connectivity index (χ0n) is 9.13. The maximum absolute atomic E-state index is 6.13. The Balaban J connectivity index is 2.28. The monoisotopic (exact) mass is 279 g/mol. The third kappa shape index (κ3) is 1.26. The van der Waals surface area contributed by atoms with E-state index in [0.29, 0.717) is 0 Å². The van der Waals surface area contributed by atoms with Crippen LogP contribution in [0.2, 0.25) is 0 Å². The molecule has 1 aromatic heterocycles. The Labute approximate surface area is 103 Å². The van der Waals surface area contributed by atoms with E-state index in [0.717, 1.165) is 10.1 Å². The van der Waals surface area contributed by atoms with Crippen LogP contribution in [0.3, 0.4) is 0 Å². The average Bonchev–Trinajstić information content (AvgIpc) is 3.00. The fourth-order valence-corrected chi connectivity index (χ4v) is 3.05. The van der Waals surface area contributed by atoms with E-state index in [2.05, 4.69) is 45.2 Å². The lowest BCUT2D eigenvalue weighted by Crippen LogP contribution is -2.31. The van der Waals surface area contributed by atoms with Gasteiger partial charge in [-0.15, -0.1) is 0 Å². The fourth-order valence-electron chi connectivity index (χ4n) is 2.55. The summed E-state index contributed by atoms with van der Waals surface area (Å²) in [7, 11) is 0. The predicted molar refractivity (Wildman–Crippen MR) is 68.4 cm³/mol. The molecule has 0 spiro atoms. The summed E-state index contributed by atoms with van der Waals surface area (Å²) in [5, 5.41) is 8.44. The lowest BCUT2D eigenvalue weighted by Gasteiger charge is -2.20. The number of benzene rings is 1. The van der Waals surface area contributed by atoms with Crippen molar-refractivity contribution in [3.63, 3.8) is 0 Å². The van der Waals surface area contributed by atoms with Crippen LogP contribution in [0.1, 0.15) is 25.3 Å². The van der Waals surface area contributed by atoms with Crippen LogP contribution in [-0.2, 0) is 5.41 Å². The van der Waals surface area contributed by atoms with E-state index >= 15 is 0 Å². The molecule has 1 atom stereocenters. The number of halogens is 1. The smallest absolute Gasteiger partial charge is 0.109 e. The highest BCUT2D eigenvalue weighted by atomic mass is 79.9. The topological polar surface area (TPSA) is 54.7 Å². The molecule has 0 aliphatic heterocycles. The Bertz CT molecular complexity index is 540. The lowest BCUT2D eigenvalue weighted by atomic mass is 9.87. The van der Waals surface area contributed by atoms with Gasteiger partial charge in [0.15, 0.2) is 0 Å². The van der Waals surface area contributed by atoms with E-state index in [1.165, 1.54) is 23.8 Å². The van der Waals surface area contributed by atoms with Crippen molar-refractivity contribution in [1.82, 2.24) is 10.2 Å². The summed E-state index contributed by atoms with van der Waals surface area (Å²) in [5.41, 5.74) is 8.65. The van der Waals surface area contributed by atoms with Gasteiger partial charge >= 0.3 is 0 Å². The number of nitrogens with zero attached hydrogens (tertiary/aromatic N) is 1. The molecule has 84 valence electrons. The fraction of sp³-hybridized carbons (Fsp3) is 0.417. The van der Waals surface area contributed by atoms with Gasteiger partial charge in [-0.2, -0.15) is 5.10 Å². The van der Waals surface area contributed by atoms with Crippen molar-refractivity contribution in [2.75, 3.05) is 0 Å². The van der Waals surface area contributed by atoms with Crippen LogP contribution in [0, 0.1) is 0 Å². The van der Waals surface area contributed by atoms with Crippen LogP contribution in [0.15, 0.2) is 22.8 Å². The number of hydrogen-bond acceptors (Lipinski definition) is 2. The van der Waals surface area contributed by atoms with Crippen LogP contribution >= 0.6 is 15.9 Å². The zero-order valence-corrected chi connectivity index (χ0v) is 10.7. The van der Waals surface area contributed by atoms with Gasteiger partial charge in [0.05, 0.1) is 5.52 Å². The first-order valence-electron chi connectivity index (χ1n) is 5.54. The van der Waals surface area contributed by atoms with Crippen LogP contribution in [0.4, 0.5) is 0 Å². The summed E-state index contributed by atoms with van der Waals surface area (Å²) < 4.78 is 0.963. The molecule has 16 heavy (non-hydrogen) atoms. The Kier molecular flexibility index (Phi) is 2.13.